The van der Waals surface area contributed by atoms with Gasteiger partial charge in [-0.3, -0.25) is 4.98 Å². The van der Waals surface area contributed by atoms with Gasteiger partial charge in [0.15, 0.2) is 5.82 Å². The fourth-order valence-electron chi connectivity index (χ4n) is 0.982. The lowest BCUT2D eigenvalue weighted by Crippen LogP contribution is -1.99. The SMILES string of the molecule is Cc1ccc(-c2nnc(C)nn2)nc1. The van der Waals surface area contributed by atoms with Crippen LogP contribution in [0.3, 0.4) is 0 Å². The quantitative estimate of drug-likeness (QED) is 0.664. The molecule has 2 rings (SSSR count). The number of hydrogen-bond acceptors (Lipinski definition) is 5. The second-order valence-electron chi connectivity index (χ2n) is 2.99. The molecule has 0 radical (unpaired) electrons. The molecule has 0 spiro atoms. The Morgan fingerprint density at radius 1 is 0.929 bits per heavy atom. The van der Waals surface area contributed by atoms with Crippen molar-refractivity contribution in [3.63, 3.8) is 0 Å². The normalized spacial score (nSPS) is 10.1. The third-order valence-corrected chi connectivity index (χ3v) is 1.72. The van der Waals surface area contributed by atoms with Crippen molar-refractivity contribution in [2.45, 2.75) is 13.8 Å². The van der Waals surface area contributed by atoms with Gasteiger partial charge in [-0.1, -0.05) is 6.07 Å². The van der Waals surface area contributed by atoms with Crippen molar-refractivity contribution in [1.29, 1.82) is 0 Å². The monoisotopic (exact) mass is 187 g/mol. The van der Waals surface area contributed by atoms with Gasteiger partial charge >= 0.3 is 0 Å². The molecule has 0 saturated carbocycles. The van der Waals surface area contributed by atoms with Crippen molar-refractivity contribution >= 4 is 0 Å². The van der Waals surface area contributed by atoms with E-state index in [0.29, 0.717) is 17.3 Å². The molecule has 0 aliphatic rings. The van der Waals surface area contributed by atoms with E-state index in [2.05, 4.69) is 25.4 Å². The first-order chi connectivity index (χ1) is 6.75. The first kappa shape index (κ1) is 8.68. The van der Waals surface area contributed by atoms with Crippen molar-refractivity contribution in [3.05, 3.63) is 29.7 Å². The summed E-state index contributed by atoms with van der Waals surface area (Å²) in [4.78, 5) is 4.17. The number of hydrogen-bond donors (Lipinski definition) is 0. The van der Waals surface area contributed by atoms with E-state index in [1.807, 2.05) is 19.1 Å². The molecule has 0 aliphatic carbocycles. The van der Waals surface area contributed by atoms with Gasteiger partial charge in [0, 0.05) is 6.20 Å². The molecule has 0 bridgehead atoms. The van der Waals surface area contributed by atoms with Crippen LogP contribution in [0.25, 0.3) is 11.5 Å². The minimum atomic E-state index is 0.454. The predicted octanol–water partition coefficient (Wildman–Crippen LogP) is 0.945. The van der Waals surface area contributed by atoms with Crippen LogP contribution >= 0.6 is 0 Å². The van der Waals surface area contributed by atoms with Gasteiger partial charge in [0.1, 0.15) is 5.69 Å². The minimum absolute atomic E-state index is 0.454. The fourth-order valence-corrected chi connectivity index (χ4v) is 0.982. The molecule has 5 heteroatoms. The lowest BCUT2D eigenvalue weighted by molar-refractivity contribution is 0.812. The molecule has 0 unspecified atom stereocenters. The molecule has 0 atom stereocenters. The topological polar surface area (TPSA) is 64.5 Å². The van der Waals surface area contributed by atoms with E-state index in [-0.39, 0.29) is 0 Å². The fraction of sp³-hybridized carbons (Fsp3) is 0.222. The summed E-state index contributed by atoms with van der Waals surface area (Å²) in [5.74, 6) is 1.01. The van der Waals surface area contributed by atoms with Crippen molar-refractivity contribution in [2.75, 3.05) is 0 Å². The van der Waals surface area contributed by atoms with E-state index < -0.39 is 0 Å². The molecule has 5 nitrogen and oxygen atoms in total. The number of rotatable bonds is 1. The Kier molecular flexibility index (Phi) is 2.14. The molecule has 14 heavy (non-hydrogen) atoms. The largest absolute Gasteiger partial charge is 0.252 e. The van der Waals surface area contributed by atoms with Crippen LogP contribution in [-0.4, -0.2) is 25.4 Å². The molecule has 0 aliphatic heterocycles. The van der Waals surface area contributed by atoms with Gasteiger partial charge in [-0.25, -0.2) is 0 Å². The van der Waals surface area contributed by atoms with Crippen molar-refractivity contribution in [3.8, 4) is 11.5 Å². The molecule has 70 valence electrons. The molecular weight excluding hydrogens is 178 g/mol. The standard InChI is InChI=1S/C9H9N5/c1-6-3-4-8(10-5-6)9-13-11-7(2)12-14-9/h3-5H,1-2H3. The predicted molar refractivity (Wildman–Crippen MR) is 50.3 cm³/mol. The number of nitrogens with zero attached hydrogens (tertiary/aromatic N) is 5. The molecule has 2 heterocycles. The van der Waals surface area contributed by atoms with E-state index >= 15 is 0 Å². The highest BCUT2D eigenvalue weighted by atomic mass is 15.3. The van der Waals surface area contributed by atoms with E-state index in [0.717, 1.165) is 5.56 Å². The second-order valence-corrected chi connectivity index (χ2v) is 2.99. The molecule has 0 fully saturated rings. The highest BCUT2D eigenvalue weighted by Gasteiger charge is 2.02. The lowest BCUT2D eigenvalue weighted by atomic mass is 10.3. The second kappa shape index (κ2) is 3.45. The van der Waals surface area contributed by atoms with Gasteiger partial charge < -0.3 is 0 Å². The first-order valence-corrected chi connectivity index (χ1v) is 4.23. The third kappa shape index (κ3) is 1.71. The van der Waals surface area contributed by atoms with Gasteiger partial charge in [-0.2, -0.15) is 0 Å². The highest BCUT2D eigenvalue weighted by Crippen LogP contribution is 2.08. The van der Waals surface area contributed by atoms with Crippen LogP contribution in [0.5, 0.6) is 0 Å². The maximum atomic E-state index is 4.17. The minimum Gasteiger partial charge on any atom is -0.252 e. The average Bonchev–Trinajstić information content (AvgIpc) is 2.21. The van der Waals surface area contributed by atoms with Crippen LogP contribution in [-0.2, 0) is 0 Å². The van der Waals surface area contributed by atoms with E-state index in [4.69, 9.17) is 0 Å². The summed E-state index contributed by atoms with van der Waals surface area (Å²) in [5.41, 5.74) is 1.79. The lowest BCUT2D eigenvalue weighted by Gasteiger charge is -1.97. The van der Waals surface area contributed by atoms with Crippen LogP contribution in [0.1, 0.15) is 11.4 Å². The summed E-state index contributed by atoms with van der Waals surface area (Å²) in [6.07, 6.45) is 1.76. The Balaban J connectivity index is 2.40. The molecular formula is C9H9N5. The maximum absolute atomic E-state index is 4.17. The van der Waals surface area contributed by atoms with Crippen LogP contribution in [0.4, 0.5) is 0 Å². The summed E-state index contributed by atoms with van der Waals surface area (Å²) in [7, 11) is 0. The Morgan fingerprint density at radius 3 is 2.21 bits per heavy atom. The van der Waals surface area contributed by atoms with E-state index in [1.54, 1.807) is 13.1 Å². The zero-order valence-electron chi connectivity index (χ0n) is 7.97. The highest BCUT2D eigenvalue weighted by molar-refractivity contribution is 5.47. The van der Waals surface area contributed by atoms with Gasteiger partial charge in [-0.15, -0.1) is 20.4 Å². The van der Waals surface area contributed by atoms with Gasteiger partial charge in [0.25, 0.3) is 0 Å². The summed E-state index contributed by atoms with van der Waals surface area (Å²) < 4.78 is 0. The molecule has 0 N–H and O–H groups in total. The van der Waals surface area contributed by atoms with Crippen LogP contribution in [0.2, 0.25) is 0 Å². The molecule has 2 aromatic rings. The average molecular weight is 187 g/mol. The Morgan fingerprint density at radius 2 is 1.64 bits per heavy atom. The Hall–Kier alpha value is -1.91. The Bertz CT molecular complexity index is 376. The number of aryl methyl sites for hydroxylation is 2. The van der Waals surface area contributed by atoms with Gasteiger partial charge in [0.05, 0.1) is 0 Å². The van der Waals surface area contributed by atoms with Crippen molar-refractivity contribution in [1.82, 2.24) is 25.4 Å². The summed E-state index contributed by atoms with van der Waals surface area (Å²) >= 11 is 0. The molecule has 0 saturated heterocycles. The third-order valence-electron chi connectivity index (χ3n) is 1.72. The van der Waals surface area contributed by atoms with Crippen LogP contribution in [0.15, 0.2) is 18.3 Å². The van der Waals surface area contributed by atoms with E-state index in [9.17, 15) is 0 Å². The Labute approximate surface area is 81.3 Å². The summed E-state index contributed by atoms with van der Waals surface area (Å²) in [6, 6.07) is 3.80. The zero-order chi connectivity index (χ0) is 9.97. The van der Waals surface area contributed by atoms with Crippen molar-refractivity contribution in [2.24, 2.45) is 0 Å². The van der Waals surface area contributed by atoms with Crippen molar-refractivity contribution < 1.29 is 0 Å². The van der Waals surface area contributed by atoms with Gasteiger partial charge in [-0.05, 0) is 25.5 Å². The first-order valence-electron chi connectivity index (χ1n) is 4.23. The molecule has 0 aromatic carbocycles. The summed E-state index contributed by atoms with van der Waals surface area (Å²) in [6.45, 7) is 3.72. The smallest absolute Gasteiger partial charge is 0.221 e. The van der Waals surface area contributed by atoms with E-state index in [1.165, 1.54) is 0 Å². The summed E-state index contributed by atoms with van der Waals surface area (Å²) in [5, 5.41) is 15.4. The van der Waals surface area contributed by atoms with Crippen LogP contribution in [0, 0.1) is 13.8 Å². The molecule has 0 amide bonds. The van der Waals surface area contributed by atoms with Crippen LogP contribution < -0.4 is 0 Å². The number of pyridine rings is 1. The zero-order valence-corrected chi connectivity index (χ0v) is 7.97. The number of aromatic nitrogens is 5. The maximum Gasteiger partial charge on any atom is 0.221 e. The van der Waals surface area contributed by atoms with Gasteiger partial charge in [0.2, 0.25) is 5.82 Å². The molecule has 2 aromatic heterocycles.